The number of rotatable bonds is 9. The Morgan fingerprint density at radius 2 is 1.67 bits per heavy atom. The summed E-state index contributed by atoms with van der Waals surface area (Å²) in [6, 6.07) is 11.0. The largest absolute Gasteiger partial charge is 0.490 e. The normalized spacial score (nSPS) is 10.2. The summed E-state index contributed by atoms with van der Waals surface area (Å²) in [5, 5.41) is 5.10. The average Bonchev–Trinajstić information content (AvgIpc) is 2.67. The van der Waals surface area contributed by atoms with Gasteiger partial charge in [0.05, 0.1) is 19.8 Å². The topological polar surface area (TPSA) is 76.7 Å². The van der Waals surface area contributed by atoms with E-state index < -0.39 is 11.8 Å². The van der Waals surface area contributed by atoms with Gasteiger partial charge in [0.25, 0.3) is 5.91 Å². The van der Waals surface area contributed by atoms with E-state index in [0.717, 1.165) is 0 Å². The van der Waals surface area contributed by atoms with E-state index in [9.17, 15) is 14.0 Å². The van der Waals surface area contributed by atoms with Crippen molar-refractivity contribution in [3.05, 3.63) is 59.4 Å². The molecule has 0 bridgehead atoms. The minimum Gasteiger partial charge on any atom is -0.490 e. The minimum absolute atomic E-state index is 0.0545. The molecule has 2 amide bonds. The summed E-state index contributed by atoms with van der Waals surface area (Å²) in [6.45, 7) is 4.44. The third-order valence-electron chi connectivity index (χ3n) is 3.65. The van der Waals surface area contributed by atoms with Crippen LogP contribution in [0.1, 0.15) is 29.8 Å². The number of nitrogens with one attached hydrogen (secondary N) is 2. The first-order valence-corrected chi connectivity index (χ1v) is 8.73. The van der Waals surface area contributed by atoms with E-state index in [0.29, 0.717) is 35.8 Å². The second kappa shape index (κ2) is 10.2. The molecule has 0 saturated carbocycles. The molecule has 0 aliphatic carbocycles. The fraction of sp³-hybridized carbons (Fsp3) is 0.300. The van der Waals surface area contributed by atoms with Crippen LogP contribution in [0.3, 0.4) is 0 Å². The average molecular weight is 374 g/mol. The smallest absolute Gasteiger partial charge is 0.251 e. The summed E-state index contributed by atoms with van der Waals surface area (Å²) >= 11 is 0. The van der Waals surface area contributed by atoms with Crippen molar-refractivity contribution < 1.29 is 23.5 Å². The molecule has 2 rings (SSSR count). The van der Waals surface area contributed by atoms with Crippen molar-refractivity contribution in [3.8, 4) is 11.5 Å². The number of ether oxygens (including phenoxy) is 2. The molecule has 0 fully saturated rings. The van der Waals surface area contributed by atoms with Gasteiger partial charge in [0.1, 0.15) is 5.82 Å². The highest BCUT2D eigenvalue weighted by molar-refractivity contribution is 5.97. The molecule has 0 radical (unpaired) electrons. The molecule has 144 valence electrons. The van der Waals surface area contributed by atoms with Crippen molar-refractivity contribution in [2.75, 3.05) is 19.8 Å². The molecule has 2 N–H and O–H groups in total. The Morgan fingerprint density at radius 1 is 0.963 bits per heavy atom. The summed E-state index contributed by atoms with van der Waals surface area (Å²) in [6.07, 6.45) is 0. The van der Waals surface area contributed by atoms with Crippen LogP contribution >= 0.6 is 0 Å². The van der Waals surface area contributed by atoms with E-state index in [-0.39, 0.29) is 18.9 Å². The van der Waals surface area contributed by atoms with Gasteiger partial charge in [-0.15, -0.1) is 0 Å². The highest BCUT2D eigenvalue weighted by Gasteiger charge is 2.13. The molecule has 27 heavy (non-hydrogen) atoms. The van der Waals surface area contributed by atoms with Crippen molar-refractivity contribution >= 4 is 11.8 Å². The first-order valence-electron chi connectivity index (χ1n) is 8.73. The first kappa shape index (κ1) is 20.2. The van der Waals surface area contributed by atoms with E-state index in [4.69, 9.17) is 9.47 Å². The molecule has 0 saturated heterocycles. The van der Waals surface area contributed by atoms with Gasteiger partial charge in [0, 0.05) is 17.7 Å². The zero-order chi connectivity index (χ0) is 19.6. The summed E-state index contributed by atoms with van der Waals surface area (Å²) in [5.74, 6) is -0.197. The number of hydrogen-bond donors (Lipinski definition) is 2. The molecule has 6 nitrogen and oxygen atoms in total. The maximum absolute atomic E-state index is 13.5. The molecule has 0 aliphatic heterocycles. The Morgan fingerprint density at radius 3 is 2.37 bits per heavy atom. The predicted octanol–water partition coefficient (Wildman–Crippen LogP) is 2.67. The summed E-state index contributed by atoms with van der Waals surface area (Å²) in [4.78, 5) is 24.1. The van der Waals surface area contributed by atoms with Gasteiger partial charge in [-0.1, -0.05) is 18.2 Å². The molecule has 0 atom stereocenters. The highest BCUT2D eigenvalue weighted by atomic mass is 19.1. The number of amides is 2. The van der Waals surface area contributed by atoms with Crippen molar-refractivity contribution in [2.24, 2.45) is 0 Å². The van der Waals surface area contributed by atoms with E-state index in [1.54, 1.807) is 36.4 Å². The molecule has 7 heteroatoms. The van der Waals surface area contributed by atoms with Gasteiger partial charge in [0.2, 0.25) is 5.91 Å². The Kier molecular flexibility index (Phi) is 7.61. The molecule has 0 aromatic heterocycles. The third kappa shape index (κ3) is 5.99. The lowest BCUT2D eigenvalue weighted by Crippen LogP contribution is -2.36. The zero-order valence-electron chi connectivity index (χ0n) is 15.4. The number of carbonyl (C=O) groups is 2. The second-order valence-electron chi connectivity index (χ2n) is 5.58. The van der Waals surface area contributed by atoms with Gasteiger partial charge in [-0.2, -0.15) is 0 Å². The van der Waals surface area contributed by atoms with E-state index >= 15 is 0 Å². The van der Waals surface area contributed by atoms with Crippen molar-refractivity contribution in [1.29, 1.82) is 0 Å². The lowest BCUT2D eigenvalue weighted by molar-refractivity contribution is -0.120. The molecular formula is C20H23FN2O4. The Labute approximate surface area is 157 Å². The number of halogens is 1. The number of carbonyl (C=O) groups excluding carboxylic acids is 2. The molecule has 0 spiro atoms. The summed E-state index contributed by atoms with van der Waals surface area (Å²) in [7, 11) is 0. The van der Waals surface area contributed by atoms with Crippen molar-refractivity contribution in [3.63, 3.8) is 0 Å². The van der Waals surface area contributed by atoms with Crippen LogP contribution in [-0.4, -0.2) is 31.6 Å². The lowest BCUT2D eigenvalue weighted by atomic mass is 10.2. The van der Waals surface area contributed by atoms with Crippen LogP contribution in [0.5, 0.6) is 11.5 Å². The fourth-order valence-electron chi connectivity index (χ4n) is 2.35. The maximum Gasteiger partial charge on any atom is 0.251 e. The van der Waals surface area contributed by atoms with Crippen LogP contribution in [0.25, 0.3) is 0 Å². The van der Waals surface area contributed by atoms with Crippen LogP contribution in [0.2, 0.25) is 0 Å². The quantitative estimate of drug-likeness (QED) is 0.708. The number of benzene rings is 2. The fourth-order valence-corrected chi connectivity index (χ4v) is 2.35. The van der Waals surface area contributed by atoms with Gasteiger partial charge >= 0.3 is 0 Å². The van der Waals surface area contributed by atoms with Gasteiger partial charge in [-0.05, 0) is 38.1 Å². The van der Waals surface area contributed by atoms with E-state index in [1.165, 1.54) is 6.07 Å². The van der Waals surface area contributed by atoms with Gasteiger partial charge in [-0.3, -0.25) is 9.59 Å². The van der Waals surface area contributed by atoms with E-state index in [2.05, 4.69) is 10.6 Å². The second-order valence-corrected chi connectivity index (χ2v) is 5.58. The summed E-state index contributed by atoms with van der Waals surface area (Å²) in [5.41, 5.74) is 0.730. The molecule has 0 aliphatic rings. The van der Waals surface area contributed by atoms with E-state index in [1.807, 2.05) is 13.8 Å². The monoisotopic (exact) mass is 374 g/mol. The lowest BCUT2D eigenvalue weighted by Gasteiger charge is -2.12. The molecule has 0 heterocycles. The van der Waals surface area contributed by atoms with Crippen molar-refractivity contribution in [2.45, 2.75) is 20.4 Å². The first-order chi connectivity index (χ1) is 13.0. The Bertz CT molecular complexity index is 795. The standard InChI is InChI=1S/C20H23FN2O4/c1-3-26-17-10-9-14(11-18(17)27-4-2)20(25)23-13-19(24)22-12-15-7-5-6-8-16(15)21/h5-11H,3-4,12-13H2,1-2H3,(H,22,24)(H,23,25). The highest BCUT2D eigenvalue weighted by Crippen LogP contribution is 2.28. The molecular weight excluding hydrogens is 351 g/mol. The maximum atomic E-state index is 13.5. The van der Waals surface area contributed by atoms with Gasteiger partial charge in [0.15, 0.2) is 11.5 Å². The zero-order valence-corrected chi connectivity index (χ0v) is 15.4. The molecule has 2 aromatic carbocycles. The number of hydrogen-bond acceptors (Lipinski definition) is 4. The van der Waals surface area contributed by atoms with Crippen LogP contribution in [-0.2, 0) is 11.3 Å². The van der Waals surface area contributed by atoms with Crippen LogP contribution < -0.4 is 20.1 Å². The molecule has 0 unspecified atom stereocenters. The van der Waals surface area contributed by atoms with Crippen LogP contribution in [0.15, 0.2) is 42.5 Å². The Balaban J connectivity index is 1.90. The summed E-state index contributed by atoms with van der Waals surface area (Å²) < 4.78 is 24.5. The minimum atomic E-state index is -0.417. The van der Waals surface area contributed by atoms with Gasteiger partial charge in [-0.25, -0.2) is 4.39 Å². The van der Waals surface area contributed by atoms with Gasteiger partial charge < -0.3 is 20.1 Å². The SMILES string of the molecule is CCOc1ccc(C(=O)NCC(=O)NCc2ccccc2F)cc1OCC. The van der Waals surface area contributed by atoms with Crippen LogP contribution in [0.4, 0.5) is 4.39 Å². The molecule has 2 aromatic rings. The Hall–Kier alpha value is -3.09. The van der Waals surface area contributed by atoms with Crippen LogP contribution in [0, 0.1) is 5.82 Å². The third-order valence-corrected chi connectivity index (χ3v) is 3.65. The van der Waals surface area contributed by atoms with Crippen molar-refractivity contribution in [1.82, 2.24) is 10.6 Å². The predicted molar refractivity (Wildman–Crippen MR) is 99.4 cm³/mol.